The van der Waals surface area contributed by atoms with Crippen LogP contribution in [0.25, 0.3) is 0 Å². The summed E-state index contributed by atoms with van der Waals surface area (Å²) >= 11 is 0. The molecule has 4 unspecified atom stereocenters. The molecular weight excluding hydrogens is 443 g/mol. The van der Waals surface area contributed by atoms with E-state index in [4.69, 9.17) is 9.47 Å². The van der Waals surface area contributed by atoms with Crippen LogP contribution in [0.1, 0.15) is 32.1 Å². The van der Waals surface area contributed by atoms with E-state index in [0.717, 1.165) is 38.4 Å². The van der Waals surface area contributed by atoms with Gasteiger partial charge >= 0.3 is 0 Å². The van der Waals surface area contributed by atoms with E-state index in [1.165, 1.54) is 12.8 Å². The van der Waals surface area contributed by atoms with Gasteiger partial charge in [0.1, 0.15) is 0 Å². The zero-order valence-corrected chi connectivity index (χ0v) is 15.6. The van der Waals surface area contributed by atoms with Gasteiger partial charge in [0.2, 0.25) is 0 Å². The SMILES string of the molecule is OC(CCCC1OCCO1)C1CC2C=CC1C2.[Ac]. The van der Waals surface area contributed by atoms with Crippen molar-refractivity contribution in [2.45, 2.75) is 44.5 Å². The molecule has 2 bridgehead atoms. The number of fused-ring (bicyclic) bond motifs is 2. The summed E-state index contributed by atoms with van der Waals surface area (Å²) in [4.78, 5) is 0. The Hall–Kier alpha value is 1.06. The molecule has 2 fully saturated rings. The van der Waals surface area contributed by atoms with E-state index in [9.17, 15) is 5.11 Å². The first-order chi connectivity index (χ1) is 8.33. The standard InChI is InChI=1S/C14H22O3.Ac/c15-13(2-1-3-14-16-6-7-17-14)12-9-10-4-5-11(12)8-10;/h4-5,10-15H,1-3,6-9H2;. The molecule has 1 radical (unpaired) electrons. The van der Waals surface area contributed by atoms with Crippen LogP contribution >= 0.6 is 0 Å². The molecule has 3 aliphatic rings. The molecule has 1 aliphatic heterocycles. The van der Waals surface area contributed by atoms with Crippen molar-refractivity contribution in [2.75, 3.05) is 13.2 Å². The van der Waals surface area contributed by atoms with E-state index in [2.05, 4.69) is 12.2 Å². The van der Waals surface area contributed by atoms with Crippen LogP contribution in [-0.4, -0.2) is 30.7 Å². The smallest absolute Gasteiger partial charge is 0.157 e. The number of hydrogen-bond donors (Lipinski definition) is 1. The van der Waals surface area contributed by atoms with Crippen LogP contribution in [0.5, 0.6) is 0 Å². The number of allylic oxidation sites excluding steroid dienone is 2. The molecule has 0 aromatic heterocycles. The molecule has 0 amide bonds. The normalized spacial score (nSPS) is 35.9. The van der Waals surface area contributed by atoms with Crippen molar-refractivity contribution in [2.24, 2.45) is 17.8 Å². The second kappa shape index (κ2) is 7.18. The van der Waals surface area contributed by atoms with Gasteiger partial charge in [-0.2, -0.15) is 0 Å². The van der Waals surface area contributed by atoms with Gasteiger partial charge in [0, 0.05) is 44.1 Å². The minimum Gasteiger partial charge on any atom is -0.393 e. The Morgan fingerprint density at radius 2 is 1.94 bits per heavy atom. The molecule has 18 heavy (non-hydrogen) atoms. The van der Waals surface area contributed by atoms with Crippen LogP contribution < -0.4 is 0 Å². The summed E-state index contributed by atoms with van der Waals surface area (Å²) in [5.41, 5.74) is 0. The van der Waals surface area contributed by atoms with Gasteiger partial charge in [-0.05, 0) is 49.9 Å². The molecule has 0 spiro atoms. The first kappa shape index (κ1) is 15.5. The van der Waals surface area contributed by atoms with Crippen molar-refractivity contribution in [3.05, 3.63) is 12.2 Å². The fourth-order valence-corrected chi connectivity index (χ4v) is 3.55. The maximum absolute atomic E-state index is 10.2. The molecule has 3 rings (SSSR count). The van der Waals surface area contributed by atoms with Crippen LogP contribution in [0, 0.1) is 61.8 Å². The monoisotopic (exact) mass is 465 g/mol. The second-order valence-corrected chi connectivity index (χ2v) is 5.61. The summed E-state index contributed by atoms with van der Waals surface area (Å²) in [5, 5.41) is 10.2. The average molecular weight is 465 g/mol. The first-order valence-electron chi connectivity index (χ1n) is 6.92. The van der Waals surface area contributed by atoms with E-state index in [1.807, 2.05) is 0 Å². The third kappa shape index (κ3) is 3.58. The van der Waals surface area contributed by atoms with Crippen molar-refractivity contribution in [3.63, 3.8) is 0 Å². The third-order valence-electron chi connectivity index (χ3n) is 4.46. The number of rotatable bonds is 5. The Morgan fingerprint density at radius 1 is 1.17 bits per heavy atom. The van der Waals surface area contributed by atoms with Crippen molar-refractivity contribution in [3.8, 4) is 0 Å². The summed E-state index contributed by atoms with van der Waals surface area (Å²) in [5.74, 6) is 1.91. The number of hydrogen-bond acceptors (Lipinski definition) is 3. The Bertz CT molecular complexity index is 289. The minimum absolute atomic E-state index is 0. The molecule has 1 saturated heterocycles. The quantitative estimate of drug-likeness (QED) is 0.633. The maximum atomic E-state index is 10.2. The Kier molecular flexibility index (Phi) is 6.16. The van der Waals surface area contributed by atoms with E-state index in [1.54, 1.807) is 0 Å². The largest absolute Gasteiger partial charge is 0.393 e. The van der Waals surface area contributed by atoms with Gasteiger partial charge in [0.05, 0.1) is 19.3 Å². The molecule has 0 aromatic rings. The fraction of sp³-hybridized carbons (Fsp3) is 0.857. The predicted molar refractivity (Wildman–Crippen MR) is 64.4 cm³/mol. The van der Waals surface area contributed by atoms with E-state index < -0.39 is 0 Å². The van der Waals surface area contributed by atoms with Gasteiger partial charge in [0.15, 0.2) is 6.29 Å². The van der Waals surface area contributed by atoms with E-state index >= 15 is 0 Å². The Labute approximate surface area is 145 Å². The zero-order chi connectivity index (χ0) is 11.7. The molecule has 2 aliphatic carbocycles. The molecule has 1 saturated carbocycles. The summed E-state index contributed by atoms with van der Waals surface area (Å²) in [7, 11) is 0. The van der Waals surface area contributed by atoms with Gasteiger partial charge in [-0.25, -0.2) is 0 Å². The number of aliphatic hydroxyl groups is 1. The molecule has 3 nitrogen and oxygen atoms in total. The molecule has 4 heteroatoms. The van der Waals surface area contributed by atoms with Crippen LogP contribution in [0.2, 0.25) is 0 Å². The van der Waals surface area contributed by atoms with Crippen molar-refractivity contribution in [1.82, 2.24) is 0 Å². The zero-order valence-electron chi connectivity index (χ0n) is 10.8. The predicted octanol–water partition coefficient (Wildman–Crippen LogP) is 2.10. The molecule has 1 heterocycles. The van der Waals surface area contributed by atoms with Crippen molar-refractivity contribution >= 4 is 0 Å². The summed E-state index contributed by atoms with van der Waals surface area (Å²) in [6.07, 6.45) is 9.79. The topological polar surface area (TPSA) is 38.7 Å². The molecule has 99 valence electrons. The number of aliphatic hydroxyl groups excluding tert-OH is 1. The van der Waals surface area contributed by atoms with Crippen LogP contribution in [0.3, 0.4) is 0 Å². The molecule has 1 N–H and O–H groups in total. The van der Waals surface area contributed by atoms with E-state index in [0.29, 0.717) is 11.8 Å². The summed E-state index contributed by atoms with van der Waals surface area (Å²) in [6, 6.07) is 0. The van der Waals surface area contributed by atoms with Crippen LogP contribution in [0.4, 0.5) is 0 Å². The minimum atomic E-state index is -0.128. The van der Waals surface area contributed by atoms with Gasteiger partial charge < -0.3 is 14.6 Å². The van der Waals surface area contributed by atoms with Crippen LogP contribution in [-0.2, 0) is 9.47 Å². The van der Waals surface area contributed by atoms with Gasteiger partial charge in [0.25, 0.3) is 0 Å². The van der Waals surface area contributed by atoms with Crippen molar-refractivity contribution in [1.29, 1.82) is 0 Å². The summed E-state index contributed by atoms with van der Waals surface area (Å²) in [6.45, 7) is 1.45. The number of ether oxygens (including phenoxy) is 2. The molecular formula is C14H22AcO3. The fourth-order valence-electron chi connectivity index (χ4n) is 3.55. The Balaban J connectivity index is 0.00000120. The van der Waals surface area contributed by atoms with Gasteiger partial charge in [-0.3, -0.25) is 0 Å². The second-order valence-electron chi connectivity index (χ2n) is 5.61. The van der Waals surface area contributed by atoms with Crippen LogP contribution in [0.15, 0.2) is 12.2 Å². The van der Waals surface area contributed by atoms with Gasteiger partial charge in [-0.1, -0.05) is 12.2 Å². The van der Waals surface area contributed by atoms with Crippen molar-refractivity contribution < 1.29 is 58.6 Å². The average Bonchev–Trinajstić information content (AvgIpc) is 3.05. The molecule has 4 atom stereocenters. The molecule has 0 aromatic carbocycles. The maximum Gasteiger partial charge on any atom is 0.157 e. The first-order valence-corrected chi connectivity index (χ1v) is 6.92. The summed E-state index contributed by atoms with van der Waals surface area (Å²) < 4.78 is 10.8. The third-order valence-corrected chi connectivity index (χ3v) is 4.46. The van der Waals surface area contributed by atoms with Gasteiger partial charge in [-0.15, -0.1) is 0 Å². The Morgan fingerprint density at radius 3 is 2.56 bits per heavy atom. The van der Waals surface area contributed by atoms with E-state index in [-0.39, 0.29) is 56.5 Å².